The fourth-order valence-electron chi connectivity index (χ4n) is 0.919. The molecule has 0 spiro atoms. The molecule has 0 aromatic heterocycles. The van der Waals surface area contributed by atoms with Crippen molar-refractivity contribution in [2.24, 2.45) is 0 Å². The van der Waals surface area contributed by atoms with Gasteiger partial charge in [0.25, 0.3) is 0 Å². The van der Waals surface area contributed by atoms with Gasteiger partial charge >= 0.3 is 0 Å². The fraction of sp³-hybridized carbons (Fsp3) is 0.400. The predicted octanol–water partition coefficient (Wildman–Crippen LogP) is 6.77. The molecule has 0 unspecified atom stereocenters. The van der Waals surface area contributed by atoms with E-state index in [1.807, 2.05) is 50.1 Å². The summed E-state index contributed by atoms with van der Waals surface area (Å²) < 4.78 is 0. The molecule has 90 valence electrons. The summed E-state index contributed by atoms with van der Waals surface area (Å²) in [6.45, 7) is 0. The van der Waals surface area contributed by atoms with E-state index in [1.54, 1.807) is 10.8 Å². The number of allylic oxidation sites excluding steroid dienone is 5. The maximum atomic E-state index is 2.25. The Balaban J connectivity index is 2.23. The number of rotatable bonds is 0. The molecule has 0 fully saturated rings. The first-order chi connectivity index (χ1) is 8.00. The quantitative estimate of drug-likeness (QED) is 0.447. The molecule has 0 N–H and O–H groups in total. The van der Waals surface area contributed by atoms with Crippen LogP contribution in [0.15, 0.2) is 35.8 Å². The Morgan fingerprint density at radius 2 is 1.62 bits per heavy atom. The zero-order chi connectivity index (χ0) is 11.3. The minimum Gasteiger partial charge on any atom is -0.0845 e. The summed E-state index contributed by atoms with van der Waals surface area (Å²) in [6.07, 6.45) is 14.5. The average Bonchev–Trinajstić information content (AvgIpc) is 2.29. The standard InChI is InChI=1S/C10H14S6/c1-2-4-6-8-10-12-14-16-15-13-11-9-7-5-3-1/h1-3,5,7,9H,4,6,8,10H2. The van der Waals surface area contributed by atoms with Crippen molar-refractivity contribution < 1.29 is 0 Å². The van der Waals surface area contributed by atoms with Crippen LogP contribution in [0.4, 0.5) is 0 Å². The van der Waals surface area contributed by atoms with Gasteiger partial charge in [0.05, 0.1) is 0 Å². The van der Waals surface area contributed by atoms with E-state index >= 15 is 0 Å². The Bertz CT molecular complexity index is 211. The summed E-state index contributed by atoms with van der Waals surface area (Å²) in [5, 5.41) is 2.12. The van der Waals surface area contributed by atoms with E-state index in [2.05, 4.69) is 35.8 Å². The molecule has 0 atom stereocenters. The van der Waals surface area contributed by atoms with Crippen LogP contribution >= 0.6 is 60.9 Å². The van der Waals surface area contributed by atoms with Gasteiger partial charge in [-0.15, -0.1) is 0 Å². The van der Waals surface area contributed by atoms with Gasteiger partial charge in [-0.25, -0.2) is 0 Å². The topological polar surface area (TPSA) is 0 Å². The van der Waals surface area contributed by atoms with Crippen LogP contribution in [0.2, 0.25) is 0 Å². The molecular weight excluding hydrogens is 313 g/mol. The third kappa shape index (κ3) is 10.5. The van der Waals surface area contributed by atoms with Crippen molar-refractivity contribution in [1.82, 2.24) is 0 Å². The normalized spacial score (nSPS) is 21.0. The Morgan fingerprint density at radius 1 is 0.750 bits per heavy atom. The first-order valence-electron chi connectivity index (χ1n) is 4.93. The highest BCUT2D eigenvalue weighted by atomic mass is 33.9. The summed E-state index contributed by atoms with van der Waals surface area (Å²) in [5.74, 6) is 1.26. The second-order valence-corrected chi connectivity index (χ2v) is 12.3. The summed E-state index contributed by atoms with van der Waals surface area (Å²) >= 11 is 0. The minimum atomic E-state index is 1.20. The molecular formula is C10H14S6. The van der Waals surface area contributed by atoms with Gasteiger partial charge in [0.2, 0.25) is 0 Å². The van der Waals surface area contributed by atoms with Gasteiger partial charge in [-0.3, -0.25) is 0 Å². The smallest absolute Gasteiger partial charge is 0.00455 e. The lowest BCUT2D eigenvalue weighted by Crippen LogP contribution is -1.75. The minimum absolute atomic E-state index is 1.20. The van der Waals surface area contributed by atoms with Crippen molar-refractivity contribution >= 4 is 60.9 Å². The second-order valence-electron chi connectivity index (χ2n) is 2.83. The van der Waals surface area contributed by atoms with Crippen molar-refractivity contribution in [2.45, 2.75) is 19.3 Å². The summed E-state index contributed by atoms with van der Waals surface area (Å²) in [7, 11) is 11.1. The van der Waals surface area contributed by atoms with Gasteiger partial charge in [-0.2, -0.15) is 0 Å². The molecule has 0 radical (unpaired) electrons. The van der Waals surface area contributed by atoms with Gasteiger partial charge < -0.3 is 0 Å². The van der Waals surface area contributed by atoms with Crippen LogP contribution in [0.5, 0.6) is 0 Å². The molecule has 0 aliphatic carbocycles. The van der Waals surface area contributed by atoms with Crippen molar-refractivity contribution in [3.05, 3.63) is 35.8 Å². The van der Waals surface area contributed by atoms with Crippen LogP contribution in [-0.2, 0) is 0 Å². The third-order valence-electron chi connectivity index (χ3n) is 1.62. The van der Waals surface area contributed by atoms with E-state index in [-0.39, 0.29) is 0 Å². The van der Waals surface area contributed by atoms with Crippen LogP contribution in [0.1, 0.15) is 19.3 Å². The summed E-state index contributed by atoms with van der Waals surface area (Å²) in [5.41, 5.74) is 0. The average molecular weight is 327 g/mol. The molecule has 0 aromatic carbocycles. The Hall–Kier alpha value is 1.32. The van der Waals surface area contributed by atoms with Crippen LogP contribution in [0, 0.1) is 0 Å². The van der Waals surface area contributed by atoms with Crippen molar-refractivity contribution in [3.63, 3.8) is 0 Å². The number of hydrogen-bond donors (Lipinski definition) is 0. The van der Waals surface area contributed by atoms with E-state index in [9.17, 15) is 0 Å². The zero-order valence-corrected chi connectivity index (χ0v) is 13.6. The van der Waals surface area contributed by atoms with Gasteiger partial charge in [0.15, 0.2) is 0 Å². The molecule has 1 aliphatic heterocycles. The molecule has 0 nitrogen and oxygen atoms in total. The molecule has 1 aliphatic rings. The SMILES string of the molecule is C1=CC=CSSSSSSCCCCC=C1. The maximum Gasteiger partial charge on any atom is 0.00455 e. The fourth-order valence-corrected chi connectivity index (χ4v) is 11.8. The number of hydrogen-bond acceptors (Lipinski definition) is 6. The van der Waals surface area contributed by atoms with Gasteiger partial charge in [-0.05, 0) is 64.0 Å². The maximum absolute atomic E-state index is 2.25. The lowest BCUT2D eigenvalue weighted by atomic mass is 10.2. The molecule has 16 heavy (non-hydrogen) atoms. The Labute approximate surface area is 121 Å². The highest BCUT2D eigenvalue weighted by Crippen LogP contribution is 2.52. The Morgan fingerprint density at radius 3 is 2.62 bits per heavy atom. The first kappa shape index (κ1) is 15.4. The molecule has 0 aromatic rings. The van der Waals surface area contributed by atoms with Gasteiger partial charge in [-0.1, -0.05) is 52.0 Å². The van der Waals surface area contributed by atoms with E-state index < -0.39 is 0 Å². The molecule has 0 saturated carbocycles. The van der Waals surface area contributed by atoms with Gasteiger partial charge in [0, 0.05) is 5.75 Å². The van der Waals surface area contributed by atoms with Gasteiger partial charge in [0.1, 0.15) is 0 Å². The van der Waals surface area contributed by atoms with Crippen LogP contribution in [0.25, 0.3) is 0 Å². The van der Waals surface area contributed by atoms with E-state index in [1.165, 1.54) is 25.0 Å². The first-order valence-corrected chi connectivity index (χ1v) is 12.6. The highest BCUT2D eigenvalue weighted by Gasteiger charge is 1.94. The molecule has 1 rings (SSSR count). The monoisotopic (exact) mass is 326 g/mol. The zero-order valence-electron chi connectivity index (χ0n) is 8.74. The largest absolute Gasteiger partial charge is 0.0845 e. The van der Waals surface area contributed by atoms with E-state index in [4.69, 9.17) is 0 Å². The second kappa shape index (κ2) is 12.8. The van der Waals surface area contributed by atoms with Crippen LogP contribution in [-0.4, -0.2) is 5.75 Å². The molecule has 0 bridgehead atoms. The van der Waals surface area contributed by atoms with E-state index in [0.29, 0.717) is 0 Å². The molecule has 1 heterocycles. The molecule has 0 saturated heterocycles. The lowest BCUT2D eigenvalue weighted by molar-refractivity contribution is 0.824. The third-order valence-corrected chi connectivity index (χ3v) is 12.1. The van der Waals surface area contributed by atoms with Crippen molar-refractivity contribution in [3.8, 4) is 0 Å². The highest BCUT2D eigenvalue weighted by molar-refractivity contribution is 9.42. The summed E-state index contributed by atoms with van der Waals surface area (Å²) in [4.78, 5) is 0. The molecule has 0 amide bonds. The van der Waals surface area contributed by atoms with Crippen molar-refractivity contribution in [2.75, 3.05) is 5.75 Å². The van der Waals surface area contributed by atoms with Crippen molar-refractivity contribution in [1.29, 1.82) is 0 Å². The predicted molar refractivity (Wildman–Crippen MR) is 91.7 cm³/mol. The van der Waals surface area contributed by atoms with Crippen LogP contribution in [0.3, 0.4) is 0 Å². The Kier molecular flexibility index (Phi) is 12.3. The lowest BCUT2D eigenvalue weighted by Gasteiger charge is -1.98. The summed E-state index contributed by atoms with van der Waals surface area (Å²) in [6, 6.07) is 0. The molecule has 6 heteroatoms. The van der Waals surface area contributed by atoms with E-state index in [0.717, 1.165) is 0 Å². The van der Waals surface area contributed by atoms with Crippen LogP contribution < -0.4 is 0 Å².